The van der Waals surface area contributed by atoms with Crippen LogP contribution in [0.25, 0.3) is 0 Å². The summed E-state index contributed by atoms with van der Waals surface area (Å²) >= 11 is 0. The van der Waals surface area contributed by atoms with E-state index in [1.165, 1.54) is 32.1 Å². The molecule has 0 spiro atoms. The zero-order valence-electron chi connectivity index (χ0n) is 26.4. The van der Waals surface area contributed by atoms with Crippen molar-refractivity contribution < 1.29 is 29.9 Å². The van der Waals surface area contributed by atoms with Crippen molar-refractivity contribution in [3.63, 3.8) is 0 Å². The highest BCUT2D eigenvalue weighted by Gasteiger charge is 2.58. The maximum atomic E-state index is 10.5. The van der Waals surface area contributed by atoms with E-state index in [4.69, 9.17) is 9.47 Å². The Morgan fingerprint density at radius 3 is 2.34 bits per heavy atom. The highest BCUT2D eigenvalue weighted by atomic mass is 16.7. The molecule has 6 heteroatoms. The Labute approximate surface area is 248 Å². The van der Waals surface area contributed by atoms with Crippen molar-refractivity contribution >= 4 is 0 Å². The smallest absolute Gasteiger partial charge is 0.186 e. The first-order chi connectivity index (χ1) is 19.4. The fourth-order valence-electron chi connectivity index (χ4n) is 10.2. The van der Waals surface area contributed by atoms with Crippen molar-refractivity contribution in [1.82, 2.24) is 0 Å². The van der Waals surface area contributed by atoms with Crippen LogP contribution in [0.4, 0.5) is 0 Å². The van der Waals surface area contributed by atoms with E-state index in [9.17, 15) is 20.4 Å². The zero-order chi connectivity index (χ0) is 29.7. The van der Waals surface area contributed by atoms with Crippen LogP contribution in [0.5, 0.6) is 0 Å². The summed E-state index contributed by atoms with van der Waals surface area (Å²) in [5.41, 5.74) is 2.41. The lowest BCUT2D eigenvalue weighted by molar-refractivity contribution is -0.315. The molecule has 234 valence electrons. The van der Waals surface area contributed by atoms with Gasteiger partial charge in [0.2, 0.25) is 0 Å². The first kappa shape index (κ1) is 31.7. The second-order valence-electron chi connectivity index (χ2n) is 15.3. The third kappa shape index (κ3) is 5.64. The Kier molecular flexibility index (Phi) is 9.51. The molecule has 1 heterocycles. The minimum atomic E-state index is -1.40. The van der Waals surface area contributed by atoms with E-state index < -0.39 is 37.3 Å². The molecule has 5 rings (SSSR count). The largest absolute Gasteiger partial charge is 0.394 e. The van der Waals surface area contributed by atoms with Crippen molar-refractivity contribution in [3.05, 3.63) is 23.8 Å². The van der Waals surface area contributed by atoms with Gasteiger partial charge in [-0.15, -0.1) is 0 Å². The first-order valence-electron chi connectivity index (χ1n) is 16.8. The van der Waals surface area contributed by atoms with Gasteiger partial charge in [0.05, 0.1) is 12.7 Å². The SMILES string of the molecule is CC[C@H](/C=C/[C@@H](C)[C@H]1CC[C@H]2C3=CC[C@H]4C[C@@H](O[C@H]5O[C@H](CO)[C@@H](O)[C@H](O)[C@H]5O)CC[C@]4(C)[C@@H]3CC[C@]12C)C(C)C. The van der Waals surface area contributed by atoms with Crippen LogP contribution in [-0.4, -0.2) is 63.8 Å². The molecule has 0 aromatic carbocycles. The summed E-state index contributed by atoms with van der Waals surface area (Å²) in [7, 11) is 0. The number of fused-ring (bicyclic) bond motifs is 5. The van der Waals surface area contributed by atoms with E-state index in [0.29, 0.717) is 40.9 Å². The van der Waals surface area contributed by atoms with Gasteiger partial charge in [-0.25, -0.2) is 0 Å². The van der Waals surface area contributed by atoms with E-state index >= 15 is 0 Å². The maximum Gasteiger partial charge on any atom is 0.186 e. The predicted molar refractivity (Wildman–Crippen MR) is 161 cm³/mol. The van der Waals surface area contributed by atoms with Crippen molar-refractivity contribution in [3.8, 4) is 0 Å². The van der Waals surface area contributed by atoms with Gasteiger partial charge in [-0.2, -0.15) is 0 Å². The molecule has 4 aliphatic carbocycles. The van der Waals surface area contributed by atoms with Crippen LogP contribution in [0.2, 0.25) is 0 Å². The molecule has 0 radical (unpaired) electrons. The van der Waals surface area contributed by atoms with Gasteiger partial charge in [0.15, 0.2) is 6.29 Å². The average Bonchev–Trinajstić information content (AvgIpc) is 3.30. The molecule has 1 aliphatic heterocycles. The lowest BCUT2D eigenvalue weighted by Crippen LogP contribution is -2.60. The molecule has 6 nitrogen and oxygen atoms in total. The van der Waals surface area contributed by atoms with E-state index in [2.05, 4.69) is 59.8 Å². The number of ether oxygens (including phenoxy) is 2. The van der Waals surface area contributed by atoms with E-state index in [1.54, 1.807) is 5.57 Å². The number of rotatable bonds is 8. The summed E-state index contributed by atoms with van der Waals surface area (Å²) in [6.45, 7) is 14.2. The predicted octanol–water partition coefficient (Wildman–Crippen LogP) is 5.63. The molecule has 4 N–H and O–H groups in total. The van der Waals surface area contributed by atoms with Gasteiger partial charge in [0.1, 0.15) is 24.4 Å². The van der Waals surface area contributed by atoms with Crippen LogP contribution in [0.1, 0.15) is 99.3 Å². The summed E-state index contributed by atoms with van der Waals surface area (Å²) in [6, 6.07) is 0. The average molecular weight is 575 g/mol. The van der Waals surface area contributed by atoms with Gasteiger partial charge in [-0.1, -0.05) is 65.3 Å². The van der Waals surface area contributed by atoms with Gasteiger partial charge in [-0.05, 0) is 110 Å². The Bertz CT molecular complexity index is 960. The molecular weight excluding hydrogens is 516 g/mol. The third-order valence-corrected chi connectivity index (χ3v) is 12.9. The van der Waals surface area contributed by atoms with Crippen molar-refractivity contribution in [2.24, 2.45) is 52.3 Å². The maximum absolute atomic E-state index is 10.5. The zero-order valence-corrected chi connectivity index (χ0v) is 26.4. The fourth-order valence-corrected chi connectivity index (χ4v) is 10.2. The molecule has 14 atom stereocenters. The lowest BCUT2D eigenvalue weighted by Gasteiger charge is -2.58. The molecule has 3 saturated carbocycles. The first-order valence-corrected chi connectivity index (χ1v) is 16.8. The molecule has 5 aliphatic rings. The minimum absolute atomic E-state index is 0.0698. The van der Waals surface area contributed by atoms with Crippen molar-refractivity contribution in [2.45, 2.75) is 136 Å². The van der Waals surface area contributed by atoms with E-state index in [0.717, 1.165) is 31.6 Å². The van der Waals surface area contributed by atoms with Gasteiger partial charge in [-0.3, -0.25) is 0 Å². The Balaban J connectivity index is 1.26. The standard InChI is InChI=1S/C35H58O6/c1-7-22(20(2)3)9-8-21(4)26-12-13-27-25-11-10-23-18-24(14-16-34(23,5)28(25)15-17-35(26,27)6)40-33-32(39)31(38)30(37)29(19-36)41-33/h8-9,11,20-24,26-33,36-39H,7,10,12-19H2,1-6H3/b9-8+/t21-,22-,23+,24+,26-,27+,28-,29-,30-,31+,32-,33+,34+,35-/m1/s1. The third-order valence-electron chi connectivity index (χ3n) is 12.9. The number of allylic oxidation sites excluding steroid dienone is 4. The Morgan fingerprint density at radius 1 is 0.951 bits per heavy atom. The highest BCUT2D eigenvalue weighted by molar-refractivity contribution is 5.28. The molecule has 0 aromatic rings. The number of aliphatic hydroxyl groups is 4. The van der Waals surface area contributed by atoms with Crippen LogP contribution in [0, 0.1) is 52.3 Å². The second kappa shape index (κ2) is 12.3. The van der Waals surface area contributed by atoms with Gasteiger partial charge in [0, 0.05) is 0 Å². The molecule has 0 amide bonds. The highest BCUT2D eigenvalue weighted by Crippen LogP contribution is 2.67. The summed E-state index contributed by atoms with van der Waals surface area (Å²) in [5, 5.41) is 40.4. The van der Waals surface area contributed by atoms with Gasteiger partial charge in [0.25, 0.3) is 0 Å². The quantitative estimate of drug-likeness (QED) is 0.281. The minimum Gasteiger partial charge on any atom is -0.394 e. The molecule has 1 saturated heterocycles. The molecule has 0 aromatic heterocycles. The normalized spacial score (nSPS) is 47.9. The summed E-state index contributed by atoms with van der Waals surface area (Å²) < 4.78 is 11.9. The topological polar surface area (TPSA) is 99.4 Å². The van der Waals surface area contributed by atoms with Crippen LogP contribution >= 0.6 is 0 Å². The molecule has 0 unspecified atom stereocenters. The Morgan fingerprint density at radius 2 is 1.66 bits per heavy atom. The summed E-state index contributed by atoms with van der Waals surface area (Å²) in [5.74, 6) is 4.61. The fraction of sp³-hybridized carbons (Fsp3) is 0.886. The van der Waals surface area contributed by atoms with Crippen molar-refractivity contribution in [2.75, 3.05) is 6.61 Å². The van der Waals surface area contributed by atoms with Crippen molar-refractivity contribution in [1.29, 1.82) is 0 Å². The molecule has 4 fully saturated rings. The Hall–Kier alpha value is -0.760. The molecule has 41 heavy (non-hydrogen) atoms. The van der Waals surface area contributed by atoms with E-state index in [1.807, 2.05) is 0 Å². The summed E-state index contributed by atoms with van der Waals surface area (Å²) in [6.07, 6.45) is 12.0. The van der Waals surface area contributed by atoms with Gasteiger partial charge < -0.3 is 29.9 Å². The van der Waals surface area contributed by atoms with E-state index in [-0.39, 0.29) is 11.5 Å². The van der Waals surface area contributed by atoms with Crippen LogP contribution in [0.3, 0.4) is 0 Å². The molecule has 0 bridgehead atoms. The monoisotopic (exact) mass is 574 g/mol. The van der Waals surface area contributed by atoms with Crippen LogP contribution < -0.4 is 0 Å². The van der Waals surface area contributed by atoms with Crippen LogP contribution in [-0.2, 0) is 9.47 Å². The van der Waals surface area contributed by atoms with Crippen LogP contribution in [0.15, 0.2) is 23.8 Å². The van der Waals surface area contributed by atoms with Gasteiger partial charge >= 0.3 is 0 Å². The lowest BCUT2D eigenvalue weighted by atomic mass is 9.47. The second-order valence-corrected chi connectivity index (χ2v) is 15.3. The molecular formula is C35H58O6. The summed E-state index contributed by atoms with van der Waals surface area (Å²) in [4.78, 5) is 0. The number of hydrogen-bond donors (Lipinski definition) is 4. The number of hydrogen-bond acceptors (Lipinski definition) is 6. The number of aliphatic hydroxyl groups excluding tert-OH is 4.